The number of carbonyl (C=O) groups is 1. The van der Waals surface area contributed by atoms with E-state index in [1.807, 2.05) is 29.5 Å². The quantitative estimate of drug-likeness (QED) is 0.873. The van der Waals surface area contributed by atoms with E-state index in [1.165, 1.54) is 0 Å². The summed E-state index contributed by atoms with van der Waals surface area (Å²) in [4.78, 5) is 16.6. The Morgan fingerprint density at radius 1 is 1.55 bits per heavy atom. The van der Waals surface area contributed by atoms with Crippen molar-refractivity contribution in [2.45, 2.75) is 40.3 Å². The van der Waals surface area contributed by atoms with E-state index in [0.29, 0.717) is 25.7 Å². The topological polar surface area (TPSA) is 47.4 Å². The monoisotopic (exact) mass is 321 g/mol. The fourth-order valence-electron chi connectivity index (χ4n) is 2.86. The maximum absolute atomic E-state index is 12.8. The van der Waals surface area contributed by atoms with Crippen LogP contribution in [0.1, 0.15) is 36.1 Å². The van der Waals surface area contributed by atoms with Gasteiger partial charge in [-0.1, -0.05) is 13.8 Å². The lowest BCUT2D eigenvalue weighted by molar-refractivity contribution is 0.00387. The van der Waals surface area contributed by atoms with Crippen LogP contribution < -0.4 is 0 Å². The molecule has 1 fully saturated rings. The van der Waals surface area contributed by atoms with Crippen LogP contribution in [-0.4, -0.2) is 46.4 Å². The molecule has 0 bridgehead atoms. The fraction of sp³-hybridized carbons (Fsp3) is 0.625. The molecule has 0 aliphatic carbocycles. The van der Waals surface area contributed by atoms with Gasteiger partial charge in [0.2, 0.25) is 0 Å². The van der Waals surface area contributed by atoms with E-state index in [4.69, 9.17) is 4.74 Å². The van der Waals surface area contributed by atoms with Crippen LogP contribution in [0.3, 0.4) is 0 Å². The van der Waals surface area contributed by atoms with E-state index in [1.54, 1.807) is 11.3 Å². The van der Waals surface area contributed by atoms with Gasteiger partial charge in [-0.15, -0.1) is 11.3 Å². The fourth-order valence-corrected chi connectivity index (χ4v) is 3.99. The summed E-state index contributed by atoms with van der Waals surface area (Å²) < 4.78 is 7.46. The highest BCUT2D eigenvalue weighted by molar-refractivity contribution is 7.20. The van der Waals surface area contributed by atoms with Crippen molar-refractivity contribution in [2.24, 2.45) is 5.92 Å². The Balaban J connectivity index is 1.92. The van der Waals surface area contributed by atoms with E-state index < -0.39 is 0 Å². The molecular weight excluding hydrogens is 298 g/mol. The van der Waals surface area contributed by atoms with E-state index in [2.05, 4.69) is 18.9 Å². The number of aromatic nitrogens is 2. The number of aryl methyl sites for hydroxylation is 1. The molecule has 0 aromatic carbocycles. The third-order valence-corrected chi connectivity index (χ3v) is 5.12. The Morgan fingerprint density at radius 3 is 3.00 bits per heavy atom. The van der Waals surface area contributed by atoms with Crippen molar-refractivity contribution in [3.05, 3.63) is 16.6 Å². The van der Waals surface area contributed by atoms with E-state index in [-0.39, 0.29) is 11.9 Å². The van der Waals surface area contributed by atoms with Crippen LogP contribution in [0.5, 0.6) is 0 Å². The lowest BCUT2D eigenvalue weighted by Gasteiger charge is -2.32. The van der Waals surface area contributed by atoms with Gasteiger partial charge in [-0.05, 0) is 25.8 Å². The number of thiophene rings is 1. The number of rotatable bonds is 3. The minimum Gasteiger partial charge on any atom is -0.377 e. The molecule has 1 atom stereocenters. The normalized spacial score (nSPS) is 19.3. The van der Waals surface area contributed by atoms with Gasteiger partial charge < -0.3 is 9.64 Å². The third kappa shape index (κ3) is 2.77. The first kappa shape index (κ1) is 15.5. The molecule has 1 saturated heterocycles. The second kappa shape index (κ2) is 6.01. The molecule has 1 aliphatic heterocycles. The van der Waals surface area contributed by atoms with Crippen LogP contribution in [0.25, 0.3) is 10.2 Å². The van der Waals surface area contributed by atoms with Gasteiger partial charge in [0.25, 0.3) is 5.91 Å². The number of nitrogens with zero attached hydrogens (tertiary/aromatic N) is 3. The Bertz CT molecular complexity index is 689. The molecule has 3 heterocycles. The smallest absolute Gasteiger partial charge is 0.264 e. The van der Waals surface area contributed by atoms with E-state index >= 15 is 0 Å². The van der Waals surface area contributed by atoms with Gasteiger partial charge in [0.05, 0.1) is 29.8 Å². The maximum Gasteiger partial charge on any atom is 0.264 e. The molecule has 0 N–H and O–H groups in total. The highest BCUT2D eigenvalue weighted by Crippen LogP contribution is 2.30. The van der Waals surface area contributed by atoms with Crippen molar-refractivity contribution in [2.75, 3.05) is 19.8 Å². The van der Waals surface area contributed by atoms with Crippen molar-refractivity contribution >= 4 is 27.5 Å². The minimum atomic E-state index is 0.118. The average Bonchev–Trinajstić information content (AvgIpc) is 3.01. The molecule has 0 unspecified atom stereocenters. The molecule has 5 nitrogen and oxygen atoms in total. The lowest BCUT2D eigenvalue weighted by Crippen LogP contribution is -2.46. The van der Waals surface area contributed by atoms with Crippen LogP contribution in [0.15, 0.2) is 6.07 Å². The molecule has 0 spiro atoms. The van der Waals surface area contributed by atoms with Gasteiger partial charge in [0.1, 0.15) is 4.83 Å². The maximum atomic E-state index is 12.8. The summed E-state index contributed by atoms with van der Waals surface area (Å²) in [7, 11) is 0. The first-order valence-corrected chi connectivity index (χ1v) is 8.64. The van der Waals surface area contributed by atoms with Crippen molar-refractivity contribution in [1.29, 1.82) is 0 Å². The number of hydrogen-bond donors (Lipinski definition) is 0. The molecule has 0 radical (unpaired) electrons. The van der Waals surface area contributed by atoms with Crippen LogP contribution in [0.4, 0.5) is 0 Å². The second-order valence-electron chi connectivity index (χ2n) is 6.41. The van der Waals surface area contributed by atoms with Crippen molar-refractivity contribution in [1.82, 2.24) is 14.7 Å². The number of morpholine rings is 1. The number of hydrogen-bond acceptors (Lipinski definition) is 4. The Kier molecular flexibility index (Phi) is 4.23. The van der Waals surface area contributed by atoms with Crippen LogP contribution in [0.2, 0.25) is 0 Å². The summed E-state index contributed by atoms with van der Waals surface area (Å²) in [6, 6.07) is 2.14. The largest absolute Gasteiger partial charge is 0.377 e. The number of fused-ring (bicyclic) bond motifs is 1. The standard InChI is InChI=1S/C16H23N3O2S/c1-10(2)8-19-16-13(12(4)17-19)7-14(22-16)15(20)18-5-6-21-9-11(18)3/h7,10-11H,5-6,8-9H2,1-4H3/t11-/m0/s1. The van der Waals surface area contributed by atoms with E-state index in [9.17, 15) is 4.79 Å². The summed E-state index contributed by atoms with van der Waals surface area (Å²) in [5, 5.41) is 5.71. The highest BCUT2D eigenvalue weighted by Gasteiger charge is 2.27. The molecule has 6 heteroatoms. The first-order chi connectivity index (χ1) is 10.5. The van der Waals surface area contributed by atoms with Gasteiger partial charge in [0.15, 0.2) is 0 Å². The minimum absolute atomic E-state index is 0.118. The van der Waals surface area contributed by atoms with E-state index in [0.717, 1.165) is 27.3 Å². The summed E-state index contributed by atoms with van der Waals surface area (Å²) in [6.45, 7) is 11.2. The highest BCUT2D eigenvalue weighted by atomic mass is 32.1. The van der Waals surface area contributed by atoms with Gasteiger partial charge in [-0.2, -0.15) is 5.10 Å². The second-order valence-corrected chi connectivity index (χ2v) is 7.44. The Hall–Kier alpha value is -1.40. The van der Waals surface area contributed by atoms with Gasteiger partial charge in [0, 0.05) is 18.5 Å². The van der Waals surface area contributed by atoms with Gasteiger partial charge >= 0.3 is 0 Å². The zero-order chi connectivity index (χ0) is 15.9. The predicted octanol–water partition coefficient (Wildman–Crippen LogP) is 2.92. The van der Waals surface area contributed by atoms with Crippen LogP contribution in [0, 0.1) is 12.8 Å². The molecule has 22 heavy (non-hydrogen) atoms. The van der Waals surface area contributed by atoms with Crippen molar-refractivity contribution in [3.8, 4) is 0 Å². The summed E-state index contributed by atoms with van der Waals surface area (Å²) in [6.07, 6.45) is 0. The Morgan fingerprint density at radius 2 is 2.32 bits per heavy atom. The number of ether oxygens (including phenoxy) is 1. The van der Waals surface area contributed by atoms with Crippen molar-refractivity contribution in [3.63, 3.8) is 0 Å². The summed E-state index contributed by atoms with van der Waals surface area (Å²) in [5.41, 5.74) is 1.00. The lowest BCUT2D eigenvalue weighted by atomic mass is 10.2. The molecular formula is C16H23N3O2S. The third-order valence-electron chi connectivity index (χ3n) is 3.98. The molecule has 120 valence electrons. The van der Waals surface area contributed by atoms with Crippen LogP contribution in [-0.2, 0) is 11.3 Å². The predicted molar refractivity (Wildman–Crippen MR) is 88.5 cm³/mol. The molecule has 0 saturated carbocycles. The first-order valence-electron chi connectivity index (χ1n) is 7.83. The Labute approximate surface area is 134 Å². The SMILES string of the molecule is Cc1nn(CC(C)C)c2sc(C(=O)N3CCOC[C@@H]3C)cc12. The molecule has 3 rings (SSSR count). The number of amides is 1. The molecule has 2 aromatic heterocycles. The van der Waals surface area contributed by atoms with Gasteiger partial charge in [-0.25, -0.2) is 0 Å². The zero-order valence-corrected chi connectivity index (χ0v) is 14.4. The molecule has 2 aromatic rings. The number of carbonyl (C=O) groups excluding carboxylic acids is 1. The zero-order valence-electron chi connectivity index (χ0n) is 13.6. The van der Waals surface area contributed by atoms with Crippen LogP contribution >= 0.6 is 11.3 Å². The molecule has 1 aliphatic rings. The summed E-state index contributed by atoms with van der Waals surface area (Å²) in [5.74, 6) is 0.649. The average molecular weight is 321 g/mol. The van der Waals surface area contributed by atoms with Crippen molar-refractivity contribution < 1.29 is 9.53 Å². The molecule has 1 amide bonds. The summed E-state index contributed by atoms with van der Waals surface area (Å²) >= 11 is 1.56. The van der Waals surface area contributed by atoms with Gasteiger partial charge in [-0.3, -0.25) is 9.48 Å².